The molecule has 0 aliphatic carbocycles. The van der Waals surface area contributed by atoms with Gasteiger partial charge in [0.05, 0.1) is 0 Å². The van der Waals surface area contributed by atoms with Crippen molar-refractivity contribution < 1.29 is 4.79 Å². The van der Waals surface area contributed by atoms with Crippen LogP contribution in [0.5, 0.6) is 0 Å². The summed E-state index contributed by atoms with van der Waals surface area (Å²) in [5, 5.41) is 0. The van der Waals surface area contributed by atoms with Crippen molar-refractivity contribution in [2.24, 2.45) is 23.0 Å². The Morgan fingerprint density at radius 3 is 2.45 bits per heavy atom. The first-order chi connectivity index (χ1) is 9.95. The van der Waals surface area contributed by atoms with Gasteiger partial charge in [-0.1, -0.05) is 51.1 Å². The highest BCUT2D eigenvalue weighted by Gasteiger charge is 2.37. The Morgan fingerprint density at radius 1 is 1.32 bits per heavy atom. The first kappa shape index (κ1) is 19.0. The van der Waals surface area contributed by atoms with Gasteiger partial charge in [-0.15, -0.1) is 12.4 Å². The second kappa shape index (κ2) is 7.98. The lowest BCUT2D eigenvalue weighted by Gasteiger charge is -2.28. The molecule has 2 atom stereocenters. The van der Waals surface area contributed by atoms with Crippen molar-refractivity contribution in [1.29, 1.82) is 0 Å². The molecule has 3 nitrogen and oxygen atoms in total. The van der Waals surface area contributed by atoms with Crippen LogP contribution in [0.4, 0.5) is 0 Å². The van der Waals surface area contributed by atoms with E-state index in [-0.39, 0.29) is 23.7 Å². The number of amides is 1. The smallest absolute Gasteiger partial charge is 0.226 e. The Bertz CT molecular complexity index is 477. The molecule has 2 rings (SSSR count). The highest BCUT2D eigenvalue weighted by Crippen LogP contribution is 2.31. The molecule has 22 heavy (non-hydrogen) atoms. The molecule has 1 heterocycles. The number of rotatable bonds is 5. The van der Waals surface area contributed by atoms with E-state index in [1.54, 1.807) is 0 Å². The molecule has 2 N–H and O–H groups in total. The van der Waals surface area contributed by atoms with Crippen LogP contribution in [0.1, 0.15) is 32.8 Å². The number of hydrogen-bond acceptors (Lipinski definition) is 2. The van der Waals surface area contributed by atoms with E-state index >= 15 is 0 Å². The van der Waals surface area contributed by atoms with Gasteiger partial charge >= 0.3 is 0 Å². The maximum Gasteiger partial charge on any atom is 0.226 e. The number of halogens is 1. The first-order valence-corrected chi connectivity index (χ1v) is 7.98. The molecule has 1 saturated heterocycles. The lowest BCUT2D eigenvalue weighted by atomic mass is 9.87. The summed E-state index contributed by atoms with van der Waals surface area (Å²) in [5.41, 5.74) is 7.19. The molecular formula is C18H29ClN2O. The molecule has 124 valence electrons. The molecule has 4 heteroatoms. The topological polar surface area (TPSA) is 46.3 Å². The number of nitrogens with two attached hydrogens (primary N) is 1. The maximum atomic E-state index is 12.9. The van der Waals surface area contributed by atoms with Crippen molar-refractivity contribution in [3.63, 3.8) is 0 Å². The van der Waals surface area contributed by atoms with Crippen molar-refractivity contribution in [2.75, 3.05) is 19.6 Å². The van der Waals surface area contributed by atoms with Gasteiger partial charge < -0.3 is 10.6 Å². The van der Waals surface area contributed by atoms with E-state index in [1.165, 1.54) is 5.56 Å². The predicted molar refractivity (Wildman–Crippen MR) is 94.1 cm³/mol. The van der Waals surface area contributed by atoms with Crippen molar-refractivity contribution in [3.05, 3.63) is 35.9 Å². The van der Waals surface area contributed by atoms with Gasteiger partial charge in [-0.25, -0.2) is 0 Å². The van der Waals surface area contributed by atoms with E-state index < -0.39 is 0 Å². The van der Waals surface area contributed by atoms with Gasteiger partial charge in [-0.3, -0.25) is 4.79 Å². The Hall–Kier alpha value is -1.06. The van der Waals surface area contributed by atoms with Crippen molar-refractivity contribution >= 4 is 18.3 Å². The predicted octanol–water partition coefficient (Wildman–Crippen LogP) is 3.12. The average molecular weight is 325 g/mol. The summed E-state index contributed by atoms with van der Waals surface area (Å²) in [7, 11) is 0. The summed E-state index contributed by atoms with van der Waals surface area (Å²) in [5.74, 6) is 0.709. The van der Waals surface area contributed by atoms with Gasteiger partial charge in [0, 0.05) is 19.0 Å². The quantitative estimate of drug-likeness (QED) is 0.904. The fraction of sp³-hybridized carbons (Fsp3) is 0.611. The third-order valence-electron chi connectivity index (χ3n) is 4.78. The normalized spacial score (nSPS) is 22.5. The van der Waals surface area contributed by atoms with E-state index in [9.17, 15) is 4.79 Å². The van der Waals surface area contributed by atoms with Crippen LogP contribution in [-0.2, 0) is 11.2 Å². The Balaban J connectivity index is 0.00000242. The molecule has 1 fully saturated rings. The molecule has 1 aromatic rings. The largest absolute Gasteiger partial charge is 0.342 e. The van der Waals surface area contributed by atoms with Gasteiger partial charge in [-0.05, 0) is 36.3 Å². The molecule has 0 radical (unpaired) electrons. The van der Waals surface area contributed by atoms with E-state index in [4.69, 9.17) is 5.73 Å². The summed E-state index contributed by atoms with van der Waals surface area (Å²) < 4.78 is 0. The number of carbonyl (C=O) groups excluding carboxylic acids is 1. The van der Waals surface area contributed by atoms with E-state index in [1.807, 2.05) is 23.1 Å². The number of benzene rings is 1. The summed E-state index contributed by atoms with van der Waals surface area (Å²) >= 11 is 0. The molecule has 1 amide bonds. The molecule has 1 aliphatic rings. The van der Waals surface area contributed by atoms with Crippen molar-refractivity contribution in [2.45, 2.75) is 33.6 Å². The van der Waals surface area contributed by atoms with Crippen molar-refractivity contribution in [3.8, 4) is 0 Å². The Kier molecular flexibility index (Phi) is 6.89. The van der Waals surface area contributed by atoms with Gasteiger partial charge in [0.15, 0.2) is 0 Å². The molecule has 0 saturated carbocycles. The third kappa shape index (κ3) is 4.47. The second-order valence-electron chi connectivity index (χ2n) is 7.06. The van der Waals surface area contributed by atoms with Crippen molar-refractivity contribution in [1.82, 2.24) is 4.90 Å². The minimum atomic E-state index is 0. The standard InChI is InChI=1S/C18H28N2O.ClH/c1-14(2)16(11-15-7-5-4-6-8-15)17(21)20-10-9-18(3,12-19)13-20;/h4-8,14,16H,9-13,19H2,1-3H3;1H. The SMILES string of the molecule is CC(C)C(Cc1ccccc1)C(=O)N1CCC(C)(CN)C1.Cl. The summed E-state index contributed by atoms with van der Waals surface area (Å²) in [4.78, 5) is 14.9. The van der Waals surface area contributed by atoms with Gasteiger partial charge in [0.25, 0.3) is 0 Å². The molecule has 2 unspecified atom stereocenters. The summed E-state index contributed by atoms with van der Waals surface area (Å²) in [6.07, 6.45) is 1.85. The molecule has 1 aliphatic heterocycles. The van der Waals surface area contributed by atoms with Crippen LogP contribution in [0.3, 0.4) is 0 Å². The zero-order valence-corrected chi connectivity index (χ0v) is 14.7. The Labute approximate surface area is 140 Å². The van der Waals surface area contributed by atoms with Crippen LogP contribution < -0.4 is 5.73 Å². The number of likely N-dealkylation sites (tertiary alicyclic amines) is 1. The highest BCUT2D eigenvalue weighted by molar-refractivity contribution is 5.85. The van der Waals surface area contributed by atoms with Crippen LogP contribution in [-0.4, -0.2) is 30.4 Å². The first-order valence-electron chi connectivity index (χ1n) is 7.98. The second-order valence-corrected chi connectivity index (χ2v) is 7.06. The fourth-order valence-electron chi connectivity index (χ4n) is 3.09. The molecule has 0 bridgehead atoms. The lowest BCUT2D eigenvalue weighted by molar-refractivity contribution is -0.136. The minimum Gasteiger partial charge on any atom is -0.342 e. The van der Waals surface area contributed by atoms with Gasteiger partial charge in [0.1, 0.15) is 0 Å². The molecule has 0 aromatic heterocycles. The van der Waals surface area contributed by atoms with E-state index in [0.717, 1.165) is 25.9 Å². The van der Waals surface area contributed by atoms with Gasteiger partial charge in [-0.2, -0.15) is 0 Å². The third-order valence-corrected chi connectivity index (χ3v) is 4.78. The number of hydrogen-bond donors (Lipinski definition) is 1. The number of nitrogens with zero attached hydrogens (tertiary/aromatic N) is 1. The van der Waals surface area contributed by atoms with Crippen LogP contribution >= 0.6 is 12.4 Å². The van der Waals surface area contributed by atoms with Crippen LogP contribution in [0, 0.1) is 17.3 Å². The highest BCUT2D eigenvalue weighted by atomic mass is 35.5. The molecule has 0 spiro atoms. The summed E-state index contributed by atoms with van der Waals surface area (Å²) in [6.45, 7) is 8.78. The molecular weight excluding hydrogens is 296 g/mol. The fourth-order valence-corrected chi connectivity index (χ4v) is 3.09. The monoisotopic (exact) mass is 324 g/mol. The minimum absolute atomic E-state index is 0. The summed E-state index contributed by atoms with van der Waals surface area (Å²) in [6, 6.07) is 10.3. The van der Waals surface area contributed by atoms with Crippen LogP contribution in [0.2, 0.25) is 0 Å². The zero-order valence-electron chi connectivity index (χ0n) is 13.9. The maximum absolute atomic E-state index is 12.9. The van der Waals surface area contributed by atoms with Crippen LogP contribution in [0.15, 0.2) is 30.3 Å². The van der Waals surface area contributed by atoms with Crippen LogP contribution in [0.25, 0.3) is 0 Å². The lowest BCUT2D eigenvalue weighted by Crippen LogP contribution is -2.40. The van der Waals surface area contributed by atoms with Gasteiger partial charge in [0.2, 0.25) is 5.91 Å². The average Bonchev–Trinajstić information content (AvgIpc) is 2.88. The zero-order chi connectivity index (χ0) is 15.5. The number of carbonyl (C=O) groups is 1. The molecule has 1 aromatic carbocycles. The van der Waals surface area contributed by atoms with E-state index in [2.05, 4.69) is 32.9 Å². The van der Waals surface area contributed by atoms with E-state index in [0.29, 0.717) is 18.4 Å². The Morgan fingerprint density at radius 2 is 1.95 bits per heavy atom.